The summed E-state index contributed by atoms with van der Waals surface area (Å²) < 4.78 is 30.8. The van der Waals surface area contributed by atoms with Crippen molar-refractivity contribution in [2.45, 2.75) is 22.6 Å². The van der Waals surface area contributed by atoms with Gasteiger partial charge in [-0.2, -0.15) is 8.78 Å². The normalized spacial score (nSPS) is 11.3. The standard InChI is InChI=1S/C15H11F2IO3S/c1-15(16,17)14(20)21-9-2-4-10(5-3-9)22-11-6-7-13(19)12(18)8-11/h2-8,19H,1H3. The van der Waals surface area contributed by atoms with Crippen LogP contribution < -0.4 is 4.74 Å². The lowest BCUT2D eigenvalue weighted by Gasteiger charge is -2.10. The van der Waals surface area contributed by atoms with Gasteiger partial charge in [-0.15, -0.1) is 0 Å². The quantitative estimate of drug-likeness (QED) is 0.429. The molecule has 0 spiro atoms. The molecular weight excluding hydrogens is 425 g/mol. The Morgan fingerprint density at radius 2 is 1.77 bits per heavy atom. The maximum atomic E-state index is 12.7. The van der Waals surface area contributed by atoms with Gasteiger partial charge in [0.25, 0.3) is 0 Å². The summed E-state index contributed by atoms with van der Waals surface area (Å²) in [4.78, 5) is 12.9. The molecule has 0 bridgehead atoms. The van der Waals surface area contributed by atoms with Crippen molar-refractivity contribution in [2.24, 2.45) is 0 Å². The number of ether oxygens (including phenoxy) is 1. The fourth-order valence-electron chi connectivity index (χ4n) is 1.46. The van der Waals surface area contributed by atoms with Crippen LogP contribution in [0.3, 0.4) is 0 Å². The molecule has 0 saturated carbocycles. The number of esters is 1. The smallest absolute Gasteiger partial charge is 0.382 e. The minimum Gasteiger partial charge on any atom is -0.507 e. The first-order valence-electron chi connectivity index (χ1n) is 6.12. The second kappa shape index (κ2) is 6.82. The molecule has 0 aliphatic rings. The first-order valence-corrected chi connectivity index (χ1v) is 8.02. The second-order valence-corrected chi connectivity index (χ2v) is 6.77. The van der Waals surface area contributed by atoms with E-state index < -0.39 is 11.9 Å². The molecule has 2 aromatic rings. The number of phenolic OH excluding ortho intramolecular Hbond substituents is 1. The van der Waals surface area contributed by atoms with Crippen molar-refractivity contribution >= 4 is 40.3 Å². The Balaban J connectivity index is 2.06. The Labute approximate surface area is 143 Å². The number of alkyl halides is 2. The average Bonchev–Trinajstić information content (AvgIpc) is 2.44. The summed E-state index contributed by atoms with van der Waals surface area (Å²) in [7, 11) is 0. The number of carbonyl (C=O) groups excluding carboxylic acids is 1. The topological polar surface area (TPSA) is 46.5 Å². The van der Waals surface area contributed by atoms with E-state index in [2.05, 4.69) is 4.74 Å². The van der Waals surface area contributed by atoms with E-state index in [9.17, 15) is 18.7 Å². The zero-order valence-corrected chi connectivity index (χ0v) is 14.3. The van der Waals surface area contributed by atoms with Gasteiger partial charge in [-0.05, 0) is 65.1 Å². The summed E-state index contributed by atoms with van der Waals surface area (Å²) in [6.45, 7) is 0.492. The predicted octanol–water partition coefficient (Wildman–Crippen LogP) is 4.71. The number of aromatic hydroxyl groups is 1. The number of hydrogen-bond donors (Lipinski definition) is 1. The molecule has 3 nitrogen and oxygen atoms in total. The summed E-state index contributed by atoms with van der Waals surface area (Å²) in [5.41, 5.74) is 0. The monoisotopic (exact) mass is 436 g/mol. The van der Waals surface area contributed by atoms with E-state index in [-0.39, 0.29) is 11.5 Å². The van der Waals surface area contributed by atoms with Gasteiger partial charge in [0.05, 0.1) is 3.57 Å². The molecular formula is C15H11F2IO3S. The molecule has 2 rings (SSSR count). The van der Waals surface area contributed by atoms with Crippen LogP contribution in [0.2, 0.25) is 0 Å². The highest BCUT2D eigenvalue weighted by Gasteiger charge is 2.34. The van der Waals surface area contributed by atoms with Crippen LogP contribution in [-0.4, -0.2) is 17.0 Å². The van der Waals surface area contributed by atoms with Gasteiger partial charge in [0, 0.05) is 16.7 Å². The molecule has 0 radical (unpaired) electrons. The van der Waals surface area contributed by atoms with E-state index in [1.807, 2.05) is 28.7 Å². The van der Waals surface area contributed by atoms with Gasteiger partial charge in [-0.3, -0.25) is 0 Å². The van der Waals surface area contributed by atoms with Gasteiger partial charge in [0.15, 0.2) is 0 Å². The van der Waals surface area contributed by atoms with Crippen molar-refractivity contribution in [3.8, 4) is 11.5 Å². The molecule has 0 aliphatic heterocycles. The van der Waals surface area contributed by atoms with Crippen LogP contribution in [0.4, 0.5) is 8.78 Å². The van der Waals surface area contributed by atoms with Crippen LogP contribution in [-0.2, 0) is 4.79 Å². The van der Waals surface area contributed by atoms with E-state index in [4.69, 9.17) is 0 Å². The maximum absolute atomic E-state index is 12.7. The van der Waals surface area contributed by atoms with E-state index in [0.717, 1.165) is 13.4 Å². The van der Waals surface area contributed by atoms with Crippen molar-refractivity contribution in [3.05, 3.63) is 46.0 Å². The van der Waals surface area contributed by atoms with Gasteiger partial charge in [-0.1, -0.05) is 11.8 Å². The third-order valence-electron chi connectivity index (χ3n) is 2.55. The Hall–Kier alpha value is -1.35. The molecule has 1 N–H and O–H groups in total. The summed E-state index contributed by atoms with van der Waals surface area (Å²) in [5.74, 6) is -4.82. The maximum Gasteiger partial charge on any atom is 0.382 e. The van der Waals surface area contributed by atoms with Crippen LogP contribution in [0.15, 0.2) is 52.3 Å². The van der Waals surface area contributed by atoms with Crippen LogP contribution in [0.1, 0.15) is 6.92 Å². The van der Waals surface area contributed by atoms with E-state index in [0.29, 0.717) is 6.92 Å². The molecule has 0 saturated heterocycles. The number of halogens is 3. The van der Waals surface area contributed by atoms with Crippen molar-refractivity contribution in [1.82, 2.24) is 0 Å². The summed E-state index contributed by atoms with van der Waals surface area (Å²) >= 11 is 3.47. The highest BCUT2D eigenvalue weighted by Crippen LogP contribution is 2.32. The number of carbonyl (C=O) groups is 1. The highest BCUT2D eigenvalue weighted by atomic mass is 127. The third-order valence-corrected chi connectivity index (χ3v) is 4.41. The van der Waals surface area contributed by atoms with E-state index in [1.165, 1.54) is 23.9 Å². The Bertz CT molecular complexity index is 684. The molecule has 0 fully saturated rings. The zero-order valence-electron chi connectivity index (χ0n) is 11.3. The van der Waals surface area contributed by atoms with Crippen molar-refractivity contribution in [3.63, 3.8) is 0 Å². The lowest BCUT2D eigenvalue weighted by atomic mass is 10.3. The van der Waals surface area contributed by atoms with Crippen LogP contribution >= 0.6 is 34.4 Å². The van der Waals surface area contributed by atoms with Crippen molar-refractivity contribution in [1.29, 1.82) is 0 Å². The molecule has 0 heterocycles. The van der Waals surface area contributed by atoms with Gasteiger partial charge in [0.2, 0.25) is 0 Å². The highest BCUT2D eigenvalue weighted by molar-refractivity contribution is 14.1. The lowest BCUT2D eigenvalue weighted by Crippen LogP contribution is -2.29. The van der Waals surface area contributed by atoms with Gasteiger partial charge in [-0.25, -0.2) is 4.79 Å². The molecule has 2 aromatic carbocycles. The van der Waals surface area contributed by atoms with Crippen LogP contribution in [0.5, 0.6) is 11.5 Å². The van der Waals surface area contributed by atoms with E-state index in [1.54, 1.807) is 24.3 Å². The number of benzene rings is 2. The van der Waals surface area contributed by atoms with Gasteiger partial charge in [0.1, 0.15) is 11.5 Å². The molecule has 116 valence electrons. The second-order valence-electron chi connectivity index (χ2n) is 4.46. The van der Waals surface area contributed by atoms with E-state index >= 15 is 0 Å². The SMILES string of the molecule is CC(F)(F)C(=O)Oc1ccc(Sc2ccc(O)c(I)c2)cc1. The largest absolute Gasteiger partial charge is 0.507 e. The summed E-state index contributed by atoms with van der Waals surface area (Å²) in [6.07, 6.45) is 0. The van der Waals surface area contributed by atoms with Crippen LogP contribution in [0, 0.1) is 3.57 Å². The fraction of sp³-hybridized carbons (Fsp3) is 0.133. The first kappa shape index (κ1) is 17.0. The van der Waals surface area contributed by atoms with Crippen LogP contribution in [0.25, 0.3) is 0 Å². The number of rotatable bonds is 4. The fourth-order valence-corrected chi connectivity index (χ4v) is 3.04. The van der Waals surface area contributed by atoms with Crippen molar-refractivity contribution < 1.29 is 23.4 Å². The molecule has 0 amide bonds. The average molecular weight is 436 g/mol. The van der Waals surface area contributed by atoms with Gasteiger partial charge < -0.3 is 9.84 Å². The van der Waals surface area contributed by atoms with Gasteiger partial charge >= 0.3 is 11.9 Å². The molecule has 0 unspecified atom stereocenters. The molecule has 22 heavy (non-hydrogen) atoms. The zero-order chi connectivity index (χ0) is 16.3. The minimum atomic E-state index is -3.52. The minimum absolute atomic E-state index is 0.0659. The summed E-state index contributed by atoms with van der Waals surface area (Å²) in [5, 5.41) is 9.47. The molecule has 7 heteroatoms. The van der Waals surface area contributed by atoms with Crippen molar-refractivity contribution in [2.75, 3.05) is 0 Å². The third kappa shape index (κ3) is 4.57. The predicted molar refractivity (Wildman–Crippen MR) is 87.6 cm³/mol. The Morgan fingerprint density at radius 3 is 2.32 bits per heavy atom. The lowest BCUT2D eigenvalue weighted by molar-refractivity contribution is -0.158. The Kier molecular flexibility index (Phi) is 5.28. The Morgan fingerprint density at radius 1 is 1.18 bits per heavy atom. The summed E-state index contributed by atoms with van der Waals surface area (Å²) in [6, 6.07) is 11.4. The first-order chi connectivity index (χ1) is 10.3. The number of hydrogen-bond acceptors (Lipinski definition) is 4. The molecule has 0 atom stereocenters. The molecule has 0 aromatic heterocycles. The number of phenols is 1. The molecule has 0 aliphatic carbocycles.